The van der Waals surface area contributed by atoms with E-state index < -0.39 is 0 Å². The number of rotatable bonds is 13. The minimum Gasteiger partial charge on any atom is -0.0888 e. The van der Waals surface area contributed by atoms with Crippen LogP contribution in [0.1, 0.15) is 97.8 Å². The topological polar surface area (TPSA) is 0 Å². The third-order valence-electron chi connectivity index (χ3n) is 3.77. The van der Waals surface area contributed by atoms with Crippen LogP contribution in [0.5, 0.6) is 0 Å². The molecule has 0 aromatic carbocycles. The lowest BCUT2D eigenvalue weighted by Gasteiger charge is -2.10. The monoisotopic (exact) mass is 252 g/mol. The second-order valence-electron chi connectivity index (χ2n) is 5.83. The van der Waals surface area contributed by atoms with E-state index in [4.69, 9.17) is 0 Å². The fourth-order valence-electron chi connectivity index (χ4n) is 2.46. The first-order valence-corrected chi connectivity index (χ1v) is 8.46. The molecule has 0 aromatic heterocycles. The normalized spacial score (nSPS) is 13.3. The van der Waals surface area contributed by atoms with Crippen molar-refractivity contribution >= 4 is 0 Å². The van der Waals surface area contributed by atoms with Gasteiger partial charge in [0.1, 0.15) is 0 Å². The van der Waals surface area contributed by atoms with E-state index in [-0.39, 0.29) is 0 Å². The summed E-state index contributed by atoms with van der Waals surface area (Å²) >= 11 is 0. The first-order chi connectivity index (χ1) is 8.81. The highest BCUT2D eigenvalue weighted by atomic mass is 14.1. The maximum absolute atomic E-state index is 2.44. The SMILES string of the molecule is CC/C=C/CCCCCC(C)CCCCCCC. The van der Waals surface area contributed by atoms with Crippen LogP contribution in [0.15, 0.2) is 12.2 Å². The zero-order valence-electron chi connectivity index (χ0n) is 13.2. The van der Waals surface area contributed by atoms with Gasteiger partial charge in [-0.25, -0.2) is 0 Å². The van der Waals surface area contributed by atoms with Crippen molar-refractivity contribution in [1.29, 1.82) is 0 Å². The molecule has 0 amide bonds. The van der Waals surface area contributed by atoms with Gasteiger partial charge >= 0.3 is 0 Å². The van der Waals surface area contributed by atoms with Gasteiger partial charge in [-0.2, -0.15) is 0 Å². The molecular formula is C18H36. The summed E-state index contributed by atoms with van der Waals surface area (Å²) in [6.45, 7) is 6.94. The van der Waals surface area contributed by atoms with E-state index in [0.29, 0.717) is 0 Å². The molecule has 0 fully saturated rings. The molecule has 0 aromatic rings. The molecule has 18 heavy (non-hydrogen) atoms. The predicted octanol–water partition coefficient (Wildman–Crippen LogP) is 6.90. The number of hydrogen-bond acceptors (Lipinski definition) is 0. The summed E-state index contributed by atoms with van der Waals surface area (Å²) < 4.78 is 0. The van der Waals surface area contributed by atoms with Gasteiger partial charge < -0.3 is 0 Å². The van der Waals surface area contributed by atoms with Crippen molar-refractivity contribution in [3.05, 3.63) is 12.2 Å². The maximum Gasteiger partial charge on any atom is -0.0351 e. The summed E-state index contributed by atoms with van der Waals surface area (Å²) in [5.41, 5.74) is 0. The van der Waals surface area contributed by atoms with Crippen LogP contribution in [-0.2, 0) is 0 Å². The molecule has 0 bridgehead atoms. The van der Waals surface area contributed by atoms with Crippen LogP contribution in [0.3, 0.4) is 0 Å². The summed E-state index contributed by atoms with van der Waals surface area (Å²) in [7, 11) is 0. The van der Waals surface area contributed by atoms with Crippen molar-refractivity contribution < 1.29 is 0 Å². The van der Waals surface area contributed by atoms with Crippen molar-refractivity contribution in [1.82, 2.24) is 0 Å². The Balaban J connectivity index is 3.16. The minimum atomic E-state index is 0.956. The van der Waals surface area contributed by atoms with Gasteiger partial charge in [-0.15, -0.1) is 0 Å². The average Bonchev–Trinajstić information content (AvgIpc) is 2.37. The van der Waals surface area contributed by atoms with Gasteiger partial charge in [0.15, 0.2) is 0 Å². The van der Waals surface area contributed by atoms with E-state index in [1.54, 1.807) is 0 Å². The Hall–Kier alpha value is -0.260. The van der Waals surface area contributed by atoms with Crippen molar-refractivity contribution in [3.63, 3.8) is 0 Å². The number of allylic oxidation sites excluding steroid dienone is 2. The summed E-state index contributed by atoms with van der Waals surface area (Å²) in [6.07, 6.45) is 21.4. The van der Waals surface area contributed by atoms with Gasteiger partial charge in [0, 0.05) is 0 Å². The molecule has 0 aliphatic carbocycles. The van der Waals surface area contributed by atoms with Gasteiger partial charge in [-0.3, -0.25) is 0 Å². The van der Waals surface area contributed by atoms with Crippen LogP contribution in [0.2, 0.25) is 0 Å². The van der Waals surface area contributed by atoms with Crippen LogP contribution in [0.4, 0.5) is 0 Å². The van der Waals surface area contributed by atoms with Gasteiger partial charge in [0.05, 0.1) is 0 Å². The van der Waals surface area contributed by atoms with Gasteiger partial charge in [0.2, 0.25) is 0 Å². The van der Waals surface area contributed by atoms with E-state index in [1.165, 1.54) is 77.0 Å². The molecule has 0 aliphatic heterocycles. The Labute approximate surface area is 116 Å². The zero-order valence-corrected chi connectivity index (χ0v) is 13.2. The van der Waals surface area contributed by atoms with E-state index in [0.717, 1.165) is 5.92 Å². The second kappa shape index (κ2) is 14.8. The Morgan fingerprint density at radius 2 is 1.33 bits per heavy atom. The first kappa shape index (κ1) is 17.7. The highest BCUT2D eigenvalue weighted by molar-refractivity contribution is 4.79. The molecule has 0 saturated carbocycles. The van der Waals surface area contributed by atoms with Gasteiger partial charge in [-0.1, -0.05) is 90.7 Å². The van der Waals surface area contributed by atoms with E-state index in [2.05, 4.69) is 32.9 Å². The molecule has 1 unspecified atom stereocenters. The molecule has 0 heterocycles. The molecule has 108 valence electrons. The standard InChI is InChI=1S/C18H36/c1-4-6-8-10-11-13-15-17-18(3)16-14-12-9-7-5-2/h6,8,18H,4-5,7,9-17H2,1-3H3/b8-6+. The van der Waals surface area contributed by atoms with Crippen LogP contribution < -0.4 is 0 Å². The molecule has 0 radical (unpaired) electrons. The summed E-state index contributed by atoms with van der Waals surface area (Å²) in [6, 6.07) is 0. The predicted molar refractivity (Wildman–Crippen MR) is 85.1 cm³/mol. The molecule has 1 atom stereocenters. The Kier molecular flexibility index (Phi) is 14.6. The minimum absolute atomic E-state index is 0.956. The fourth-order valence-corrected chi connectivity index (χ4v) is 2.46. The summed E-state index contributed by atoms with van der Waals surface area (Å²) in [4.78, 5) is 0. The van der Waals surface area contributed by atoms with E-state index in [1.807, 2.05) is 0 Å². The average molecular weight is 252 g/mol. The highest BCUT2D eigenvalue weighted by Gasteiger charge is 2.01. The zero-order chi connectivity index (χ0) is 13.5. The smallest absolute Gasteiger partial charge is 0.0351 e. The van der Waals surface area contributed by atoms with Gasteiger partial charge in [0.25, 0.3) is 0 Å². The van der Waals surface area contributed by atoms with Crippen molar-refractivity contribution in [2.45, 2.75) is 97.8 Å². The van der Waals surface area contributed by atoms with E-state index in [9.17, 15) is 0 Å². The highest BCUT2D eigenvalue weighted by Crippen LogP contribution is 2.17. The fraction of sp³-hybridized carbons (Fsp3) is 0.889. The molecule has 0 heteroatoms. The lowest BCUT2D eigenvalue weighted by Crippen LogP contribution is -1.95. The van der Waals surface area contributed by atoms with Gasteiger partial charge in [-0.05, 0) is 25.2 Å². The maximum atomic E-state index is 2.44. The molecular weight excluding hydrogens is 216 g/mol. The molecule has 0 aliphatic rings. The second-order valence-corrected chi connectivity index (χ2v) is 5.83. The first-order valence-electron chi connectivity index (χ1n) is 8.46. The molecule has 0 nitrogen and oxygen atoms in total. The number of hydrogen-bond donors (Lipinski definition) is 0. The molecule has 0 rings (SSSR count). The lowest BCUT2D eigenvalue weighted by atomic mass is 9.96. The summed E-state index contributed by atoms with van der Waals surface area (Å²) in [5.74, 6) is 0.956. The Morgan fingerprint density at radius 3 is 1.94 bits per heavy atom. The number of unbranched alkanes of at least 4 members (excludes halogenated alkanes) is 7. The van der Waals surface area contributed by atoms with Crippen LogP contribution >= 0.6 is 0 Å². The van der Waals surface area contributed by atoms with Crippen LogP contribution in [-0.4, -0.2) is 0 Å². The Morgan fingerprint density at radius 1 is 0.722 bits per heavy atom. The largest absolute Gasteiger partial charge is 0.0888 e. The Bertz CT molecular complexity index is 169. The van der Waals surface area contributed by atoms with Crippen LogP contribution in [0.25, 0.3) is 0 Å². The summed E-state index contributed by atoms with van der Waals surface area (Å²) in [5, 5.41) is 0. The van der Waals surface area contributed by atoms with Crippen LogP contribution in [0, 0.1) is 5.92 Å². The lowest BCUT2D eigenvalue weighted by molar-refractivity contribution is 0.436. The van der Waals surface area contributed by atoms with E-state index >= 15 is 0 Å². The quantitative estimate of drug-likeness (QED) is 0.247. The molecule has 0 spiro atoms. The van der Waals surface area contributed by atoms with Crippen molar-refractivity contribution in [3.8, 4) is 0 Å². The van der Waals surface area contributed by atoms with Crippen molar-refractivity contribution in [2.24, 2.45) is 5.92 Å². The van der Waals surface area contributed by atoms with Crippen molar-refractivity contribution in [2.75, 3.05) is 0 Å². The molecule has 0 N–H and O–H groups in total. The molecule has 0 saturated heterocycles. The third-order valence-corrected chi connectivity index (χ3v) is 3.77. The third kappa shape index (κ3) is 13.8.